The first-order valence-electron chi connectivity index (χ1n) is 6.77. The molecule has 1 fully saturated rings. The molecule has 2 aromatic rings. The van der Waals surface area contributed by atoms with Gasteiger partial charge in [-0.15, -0.1) is 0 Å². The lowest BCUT2D eigenvalue weighted by atomic mass is 10.1. The molecule has 0 N–H and O–H groups in total. The number of aromatic nitrogens is 3. The zero-order valence-electron chi connectivity index (χ0n) is 11.4. The van der Waals surface area contributed by atoms with Crippen molar-refractivity contribution >= 4 is 11.6 Å². The maximum atomic E-state index is 12.5. The summed E-state index contributed by atoms with van der Waals surface area (Å²) >= 11 is 0. The van der Waals surface area contributed by atoms with Crippen LogP contribution in [0, 0.1) is 11.3 Å². The van der Waals surface area contributed by atoms with Gasteiger partial charge in [0.15, 0.2) is 11.4 Å². The van der Waals surface area contributed by atoms with E-state index >= 15 is 0 Å². The summed E-state index contributed by atoms with van der Waals surface area (Å²) in [7, 11) is 0. The number of anilines is 1. The monoisotopic (exact) mass is 279 g/mol. The van der Waals surface area contributed by atoms with Gasteiger partial charge in [-0.3, -0.25) is 9.78 Å². The molecule has 0 spiro atoms. The summed E-state index contributed by atoms with van der Waals surface area (Å²) in [5.41, 5.74) is 0.371. The van der Waals surface area contributed by atoms with Crippen molar-refractivity contribution in [2.75, 3.05) is 18.0 Å². The quantitative estimate of drug-likeness (QED) is 0.793. The van der Waals surface area contributed by atoms with E-state index in [1.807, 2.05) is 6.07 Å². The van der Waals surface area contributed by atoms with Crippen molar-refractivity contribution in [3.8, 4) is 6.07 Å². The number of hydrogen-bond donors (Lipinski definition) is 0. The first kappa shape index (κ1) is 13.2. The summed E-state index contributed by atoms with van der Waals surface area (Å²) < 4.78 is 0. The number of nitrogens with zero attached hydrogens (tertiary/aromatic N) is 5. The van der Waals surface area contributed by atoms with Crippen LogP contribution in [0.1, 0.15) is 34.7 Å². The highest BCUT2D eigenvalue weighted by molar-refractivity contribution is 6.07. The van der Waals surface area contributed by atoms with Crippen LogP contribution in [0.3, 0.4) is 0 Å². The lowest BCUT2D eigenvalue weighted by molar-refractivity contribution is 0.102. The number of carbonyl (C=O) groups is 1. The number of rotatable bonds is 3. The van der Waals surface area contributed by atoms with Gasteiger partial charge in [0.25, 0.3) is 0 Å². The Bertz CT molecular complexity index is 702. The van der Waals surface area contributed by atoms with Crippen molar-refractivity contribution in [1.29, 1.82) is 5.26 Å². The van der Waals surface area contributed by atoms with Gasteiger partial charge in [0, 0.05) is 19.3 Å². The summed E-state index contributed by atoms with van der Waals surface area (Å²) in [5.74, 6) is 0.270. The van der Waals surface area contributed by atoms with Gasteiger partial charge in [-0.25, -0.2) is 9.97 Å². The van der Waals surface area contributed by atoms with E-state index in [4.69, 9.17) is 5.26 Å². The minimum atomic E-state index is -0.374. The molecule has 0 amide bonds. The fraction of sp³-hybridized carbons (Fsp3) is 0.267. The Morgan fingerprint density at radius 3 is 2.71 bits per heavy atom. The second-order valence-corrected chi connectivity index (χ2v) is 4.78. The number of ketones is 1. The van der Waals surface area contributed by atoms with Crippen molar-refractivity contribution < 1.29 is 4.79 Å². The normalized spacial score (nSPS) is 14.0. The van der Waals surface area contributed by atoms with Crippen molar-refractivity contribution in [3.05, 3.63) is 47.7 Å². The molecule has 3 heterocycles. The van der Waals surface area contributed by atoms with Crippen LogP contribution in [-0.2, 0) is 0 Å². The minimum Gasteiger partial charge on any atom is -0.355 e. The highest BCUT2D eigenvalue weighted by Crippen LogP contribution is 2.19. The molecule has 21 heavy (non-hydrogen) atoms. The van der Waals surface area contributed by atoms with Crippen LogP contribution in [0.4, 0.5) is 5.82 Å². The molecule has 104 valence electrons. The number of nitriles is 1. The molecular weight excluding hydrogens is 266 g/mol. The SMILES string of the molecule is N#Cc1ncc(N2CCCC2)nc1C(=O)c1ccccn1. The summed E-state index contributed by atoms with van der Waals surface area (Å²) in [4.78, 5) is 27.0. The van der Waals surface area contributed by atoms with E-state index in [9.17, 15) is 4.79 Å². The first-order chi connectivity index (χ1) is 10.3. The molecule has 3 rings (SSSR count). The number of carbonyl (C=O) groups excluding carboxylic acids is 1. The molecule has 0 aromatic carbocycles. The third-order valence-electron chi connectivity index (χ3n) is 3.41. The standard InChI is InChI=1S/C15H13N5O/c16-9-12-14(15(21)11-5-1-2-6-17-11)19-13(10-18-12)20-7-3-4-8-20/h1-2,5-6,10H,3-4,7-8H2. The highest BCUT2D eigenvalue weighted by Gasteiger charge is 2.21. The average Bonchev–Trinajstić information content (AvgIpc) is 3.09. The Hall–Kier alpha value is -2.81. The molecule has 1 aliphatic heterocycles. The van der Waals surface area contributed by atoms with E-state index in [1.165, 1.54) is 6.20 Å². The van der Waals surface area contributed by atoms with Crippen LogP contribution in [0.15, 0.2) is 30.6 Å². The Labute approximate surface area is 122 Å². The van der Waals surface area contributed by atoms with Gasteiger partial charge < -0.3 is 4.90 Å². The second-order valence-electron chi connectivity index (χ2n) is 4.78. The van der Waals surface area contributed by atoms with Crippen molar-refractivity contribution in [1.82, 2.24) is 15.0 Å². The summed E-state index contributed by atoms with van der Waals surface area (Å²) in [6, 6.07) is 6.98. The Balaban J connectivity index is 2.01. The van der Waals surface area contributed by atoms with Gasteiger partial charge in [0.05, 0.1) is 6.20 Å². The fourth-order valence-corrected chi connectivity index (χ4v) is 2.34. The van der Waals surface area contributed by atoms with Gasteiger partial charge in [0.2, 0.25) is 5.78 Å². The topological polar surface area (TPSA) is 82.8 Å². The molecule has 6 heteroatoms. The average molecular weight is 279 g/mol. The van der Waals surface area contributed by atoms with Crippen molar-refractivity contribution in [2.24, 2.45) is 0 Å². The fourth-order valence-electron chi connectivity index (χ4n) is 2.34. The van der Waals surface area contributed by atoms with Gasteiger partial charge in [-0.2, -0.15) is 5.26 Å². The summed E-state index contributed by atoms with van der Waals surface area (Å²) in [6.07, 6.45) is 5.30. The van der Waals surface area contributed by atoms with Crippen molar-refractivity contribution in [2.45, 2.75) is 12.8 Å². The molecule has 0 bridgehead atoms. The van der Waals surface area contributed by atoms with Gasteiger partial charge >= 0.3 is 0 Å². The molecule has 1 aliphatic rings. The predicted octanol–water partition coefficient (Wildman–Crippen LogP) is 1.57. The third kappa shape index (κ3) is 2.58. The molecule has 0 aliphatic carbocycles. The largest absolute Gasteiger partial charge is 0.355 e. The molecule has 1 saturated heterocycles. The van der Waals surface area contributed by atoms with E-state index in [1.54, 1.807) is 24.4 Å². The highest BCUT2D eigenvalue weighted by atomic mass is 16.1. The maximum Gasteiger partial charge on any atom is 0.232 e. The first-order valence-corrected chi connectivity index (χ1v) is 6.77. The van der Waals surface area contributed by atoms with Gasteiger partial charge in [-0.05, 0) is 25.0 Å². The smallest absolute Gasteiger partial charge is 0.232 e. The van der Waals surface area contributed by atoms with E-state index in [0.717, 1.165) is 25.9 Å². The Kier molecular flexibility index (Phi) is 3.56. The third-order valence-corrected chi connectivity index (χ3v) is 3.41. The Morgan fingerprint density at radius 2 is 2.05 bits per heavy atom. The van der Waals surface area contributed by atoms with E-state index in [0.29, 0.717) is 5.82 Å². The van der Waals surface area contributed by atoms with Gasteiger partial charge in [0.1, 0.15) is 17.6 Å². The summed E-state index contributed by atoms with van der Waals surface area (Å²) in [6.45, 7) is 1.80. The molecule has 0 unspecified atom stereocenters. The zero-order chi connectivity index (χ0) is 14.7. The maximum absolute atomic E-state index is 12.5. The minimum absolute atomic E-state index is 0.0357. The zero-order valence-corrected chi connectivity index (χ0v) is 11.4. The van der Waals surface area contributed by atoms with E-state index < -0.39 is 0 Å². The van der Waals surface area contributed by atoms with Crippen LogP contribution < -0.4 is 4.90 Å². The van der Waals surface area contributed by atoms with E-state index in [-0.39, 0.29) is 22.9 Å². The lowest BCUT2D eigenvalue weighted by Gasteiger charge is -2.16. The van der Waals surface area contributed by atoms with Crippen LogP contribution in [0.25, 0.3) is 0 Å². The molecule has 0 radical (unpaired) electrons. The van der Waals surface area contributed by atoms with Crippen LogP contribution in [-0.4, -0.2) is 33.8 Å². The van der Waals surface area contributed by atoms with Crippen molar-refractivity contribution in [3.63, 3.8) is 0 Å². The molecule has 2 aromatic heterocycles. The molecular formula is C15H13N5O. The number of pyridine rings is 1. The lowest BCUT2D eigenvalue weighted by Crippen LogP contribution is -2.21. The van der Waals surface area contributed by atoms with Crippen LogP contribution in [0.5, 0.6) is 0 Å². The second kappa shape index (κ2) is 5.67. The van der Waals surface area contributed by atoms with Crippen LogP contribution in [0.2, 0.25) is 0 Å². The Morgan fingerprint density at radius 1 is 1.24 bits per heavy atom. The molecule has 6 nitrogen and oxygen atoms in total. The van der Waals surface area contributed by atoms with Crippen LogP contribution >= 0.6 is 0 Å². The number of hydrogen-bond acceptors (Lipinski definition) is 6. The summed E-state index contributed by atoms with van der Waals surface area (Å²) in [5, 5.41) is 9.13. The van der Waals surface area contributed by atoms with Gasteiger partial charge in [-0.1, -0.05) is 6.07 Å². The molecule has 0 saturated carbocycles. The predicted molar refractivity (Wildman–Crippen MR) is 75.9 cm³/mol. The van der Waals surface area contributed by atoms with E-state index in [2.05, 4.69) is 19.9 Å². The molecule has 0 atom stereocenters.